The minimum absolute atomic E-state index is 0.0886. The van der Waals surface area contributed by atoms with Crippen LogP contribution in [0.2, 0.25) is 0 Å². The number of rotatable bonds is 9. The van der Waals surface area contributed by atoms with Crippen LogP contribution < -0.4 is 9.47 Å². The molecule has 33 heavy (non-hydrogen) atoms. The minimum atomic E-state index is -1.68. The lowest BCUT2D eigenvalue weighted by atomic mass is 9.76. The lowest BCUT2D eigenvalue weighted by Gasteiger charge is -2.34. The highest BCUT2D eigenvalue weighted by atomic mass is 19.1. The van der Waals surface area contributed by atoms with Crippen LogP contribution >= 0.6 is 0 Å². The molecule has 0 unspecified atom stereocenters. The Morgan fingerprint density at radius 2 is 1.82 bits per heavy atom. The number of methoxy groups -OCH3 is 2. The number of hydrogen-bond donors (Lipinski definition) is 0. The fourth-order valence-corrected chi connectivity index (χ4v) is 4.91. The molecule has 4 nitrogen and oxygen atoms in total. The van der Waals surface area contributed by atoms with Crippen LogP contribution in [-0.4, -0.2) is 26.8 Å². The van der Waals surface area contributed by atoms with E-state index in [1.807, 2.05) is 24.3 Å². The van der Waals surface area contributed by atoms with Gasteiger partial charge >= 0.3 is 5.97 Å². The van der Waals surface area contributed by atoms with Gasteiger partial charge in [0, 0.05) is 5.56 Å². The summed E-state index contributed by atoms with van der Waals surface area (Å²) in [6.07, 6.45) is 4.41. The Balaban J connectivity index is 1.35. The molecule has 0 N–H and O–H groups in total. The fourth-order valence-electron chi connectivity index (χ4n) is 4.91. The molecule has 2 aromatic rings. The molecular weight excluding hydrogens is 426 g/mol. The first kappa shape index (κ1) is 23.5. The molecule has 0 heterocycles. The normalized spacial score (nSPS) is 23.6. The van der Waals surface area contributed by atoms with Crippen LogP contribution in [0.25, 0.3) is 0 Å². The molecule has 1 atom stereocenters. The second-order valence-corrected chi connectivity index (χ2v) is 9.36. The van der Waals surface area contributed by atoms with Crippen LogP contribution in [0.1, 0.15) is 62.0 Å². The van der Waals surface area contributed by atoms with Gasteiger partial charge in [0.1, 0.15) is 23.0 Å². The van der Waals surface area contributed by atoms with E-state index in [9.17, 15) is 9.18 Å². The van der Waals surface area contributed by atoms with Crippen molar-refractivity contribution < 1.29 is 27.8 Å². The van der Waals surface area contributed by atoms with E-state index in [0.29, 0.717) is 37.5 Å². The number of alkyl halides is 1. The molecular formula is C27H32F2O4. The van der Waals surface area contributed by atoms with Gasteiger partial charge in [-0.05, 0) is 92.2 Å². The quantitative estimate of drug-likeness (QED) is 0.412. The highest BCUT2D eigenvalue weighted by Crippen LogP contribution is 2.46. The van der Waals surface area contributed by atoms with Crippen LogP contribution in [0.4, 0.5) is 8.78 Å². The van der Waals surface area contributed by atoms with Crippen LogP contribution in [0.3, 0.4) is 0 Å². The van der Waals surface area contributed by atoms with Crippen molar-refractivity contribution in [3.8, 4) is 11.5 Å². The fraction of sp³-hybridized carbons (Fsp3) is 0.519. The predicted molar refractivity (Wildman–Crippen MR) is 122 cm³/mol. The molecule has 2 aromatic carbocycles. The third-order valence-corrected chi connectivity index (χ3v) is 7.13. The van der Waals surface area contributed by atoms with Crippen LogP contribution in [-0.2, 0) is 15.2 Å². The molecule has 2 saturated carbocycles. The second-order valence-electron chi connectivity index (χ2n) is 9.36. The monoisotopic (exact) mass is 458 g/mol. The summed E-state index contributed by atoms with van der Waals surface area (Å²) in [5.74, 6) is 1.39. The average molecular weight is 459 g/mol. The van der Waals surface area contributed by atoms with Gasteiger partial charge in [-0.15, -0.1) is 0 Å². The molecule has 0 bridgehead atoms. The van der Waals surface area contributed by atoms with E-state index >= 15 is 4.39 Å². The summed E-state index contributed by atoms with van der Waals surface area (Å²) in [7, 11) is 2.91. The number of ether oxygens (including phenoxy) is 3. The van der Waals surface area contributed by atoms with Crippen molar-refractivity contribution in [2.24, 2.45) is 11.8 Å². The molecule has 0 radical (unpaired) electrons. The van der Waals surface area contributed by atoms with Crippen molar-refractivity contribution >= 4 is 5.97 Å². The largest absolute Gasteiger partial charge is 0.497 e. The van der Waals surface area contributed by atoms with Crippen molar-refractivity contribution in [3.05, 3.63) is 59.4 Å². The standard InChI is InChI=1S/C27H32F2O4/c1-31-21-8-9-25(28)24(15-21)27(29)12-10-18(11-13-27)17-33-22-5-3-4-20(14-22)23(19-6-7-19)16-26(30)32-2/h3-5,8-9,14-15,18-19,23H,6-7,10-13,16-17H2,1-2H3/t18-,23-,27-/m0/s1. The zero-order chi connectivity index (χ0) is 23.4. The Bertz CT molecular complexity index is 964. The van der Waals surface area contributed by atoms with Gasteiger partial charge in [0.15, 0.2) is 0 Å². The maximum absolute atomic E-state index is 15.6. The molecule has 6 heteroatoms. The molecule has 2 aliphatic carbocycles. The van der Waals surface area contributed by atoms with Crippen LogP contribution in [0.5, 0.6) is 11.5 Å². The number of hydrogen-bond acceptors (Lipinski definition) is 4. The number of benzene rings is 2. The number of carbonyl (C=O) groups excluding carboxylic acids is 1. The van der Waals surface area contributed by atoms with Crippen molar-refractivity contribution in [1.82, 2.24) is 0 Å². The van der Waals surface area contributed by atoms with Gasteiger partial charge < -0.3 is 14.2 Å². The van der Waals surface area contributed by atoms with Crippen LogP contribution in [0, 0.1) is 17.7 Å². The Morgan fingerprint density at radius 1 is 1.06 bits per heavy atom. The molecule has 0 aliphatic heterocycles. The smallest absolute Gasteiger partial charge is 0.306 e. The van der Waals surface area contributed by atoms with Gasteiger partial charge in [-0.1, -0.05) is 12.1 Å². The van der Waals surface area contributed by atoms with E-state index < -0.39 is 11.5 Å². The first-order valence-corrected chi connectivity index (χ1v) is 11.7. The van der Waals surface area contributed by atoms with Gasteiger partial charge in [-0.2, -0.15) is 0 Å². The SMILES string of the molecule is COC(=O)C[C@H](c1cccc(OC[C@H]2CC[C@@](F)(c3cc(OC)ccc3F)CC2)c1)C1CC1. The maximum Gasteiger partial charge on any atom is 0.306 e. The maximum atomic E-state index is 15.6. The molecule has 2 aliphatic rings. The first-order valence-electron chi connectivity index (χ1n) is 11.7. The van der Waals surface area contributed by atoms with Gasteiger partial charge in [0.25, 0.3) is 0 Å². The Hall–Kier alpha value is -2.63. The summed E-state index contributed by atoms with van der Waals surface area (Å²) >= 11 is 0. The average Bonchev–Trinajstić information content (AvgIpc) is 3.68. The van der Waals surface area contributed by atoms with Crippen LogP contribution in [0.15, 0.2) is 42.5 Å². The van der Waals surface area contributed by atoms with Gasteiger partial charge in [-0.25, -0.2) is 8.78 Å². The summed E-state index contributed by atoms with van der Waals surface area (Å²) in [4.78, 5) is 11.8. The van der Waals surface area contributed by atoms with Crippen molar-refractivity contribution in [1.29, 1.82) is 0 Å². The van der Waals surface area contributed by atoms with E-state index in [2.05, 4.69) is 0 Å². The van der Waals surface area contributed by atoms with E-state index in [4.69, 9.17) is 14.2 Å². The zero-order valence-electron chi connectivity index (χ0n) is 19.3. The molecule has 0 amide bonds. The van der Waals surface area contributed by atoms with Crippen molar-refractivity contribution in [2.45, 2.75) is 56.5 Å². The zero-order valence-corrected chi connectivity index (χ0v) is 19.3. The number of esters is 1. The van der Waals surface area contributed by atoms with Crippen molar-refractivity contribution in [2.75, 3.05) is 20.8 Å². The molecule has 4 rings (SSSR count). The molecule has 0 saturated heterocycles. The van der Waals surface area contributed by atoms with Gasteiger partial charge in [0.05, 0.1) is 27.2 Å². The Labute approximate surface area is 194 Å². The van der Waals surface area contributed by atoms with E-state index in [1.165, 1.54) is 32.4 Å². The molecule has 0 spiro atoms. The Morgan fingerprint density at radius 3 is 2.48 bits per heavy atom. The molecule has 178 valence electrons. The highest BCUT2D eigenvalue weighted by molar-refractivity contribution is 5.70. The number of halogens is 2. The topological polar surface area (TPSA) is 44.8 Å². The summed E-state index contributed by atoms with van der Waals surface area (Å²) in [5.41, 5.74) is -0.494. The minimum Gasteiger partial charge on any atom is -0.497 e. The van der Waals surface area contributed by atoms with Crippen molar-refractivity contribution in [3.63, 3.8) is 0 Å². The summed E-state index contributed by atoms with van der Waals surface area (Å²) in [6, 6.07) is 12.2. The summed E-state index contributed by atoms with van der Waals surface area (Å²) in [5, 5.41) is 0. The Kier molecular flexibility index (Phi) is 7.20. The molecule has 2 fully saturated rings. The van der Waals surface area contributed by atoms with Gasteiger partial charge in [0.2, 0.25) is 0 Å². The number of carbonyl (C=O) groups is 1. The lowest BCUT2D eigenvalue weighted by Crippen LogP contribution is -2.30. The van der Waals surface area contributed by atoms with Gasteiger partial charge in [-0.3, -0.25) is 4.79 Å². The highest BCUT2D eigenvalue weighted by Gasteiger charge is 2.39. The summed E-state index contributed by atoms with van der Waals surface area (Å²) in [6.45, 7) is 0.491. The summed E-state index contributed by atoms with van der Waals surface area (Å²) < 4.78 is 46.0. The van der Waals surface area contributed by atoms with E-state index in [0.717, 1.165) is 24.2 Å². The predicted octanol–water partition coefficient (Wildman–Crippen LogP) is 6.33. The third-order valence-electron chi connectivity index (χ3n) is 7.13. The van der Waals surface area contributed by atoms with E-state index in [-0.39, 0.29) is 36.2 Å². The third kappa shape index (κ3) is 5.66. The second kappa shape index (κ2) is 10.1. The first-order chi connectivity index (χ1) is 15.9. The lowest BCUT2D eigenvalue weighted by molar-refractivity contribution is -0.141. The molecule has 0 aromatic heterocycles. The van der Waals surface area contributed by atoms with E-state index in [1.54, 1.807) is 0 Å².